The minimum absolute atomic E-state index is 0.000401. The van der Waals surface area contributed by atoms with Crippen LogP contribution in [0.4, 0.5) is 11.5 Å². The average molecular weight is 361 g/mol. The summed E-state index contributed by atoms with van der Waals surface area (Å²) in [6.45, 7) is 0.986. The highest BCUT2D eigenvalue weighted by Crippen LogP contribution is 2.24. The van der Waals surface area contributed by atoms with Crippen LogP contribution in [-0.2, 0) is 16.0 Å². The van der Waals surface area contributed by atoms with Crippen molar-refractivity contribution in [2.45, 2.75) is 32.0 Å². The van der Waals surface area contributed by atoms with E-state index in [1.54, 1.807) is 10.9 Å². The fourth-order valence-corrected chi connectivity index (χ4v) is 2.69. The molecule has 0 aromatic carbocycles. The standard InChI is InChI=1S/C16H19N5O5/c1-25-16(22)12-5-6-13(21(23)24)15(19-12)17-8-11-9-18-20(10-11)14-4-2-3-7-26-14/h5-6,9-10,14H,2-4,7-8H2,1H3,(H,17,19). The number of nitrogens with one attached hydrogen (secondary N) is 1. The lowest BCUT2D eigenvalue weighted by atomic mass is 10.2. The van der Waals surface area contributed by atoms with Crippen LogP contribution in [0.2, 0.25) is 0 Å². The first kappa shape index (κ1) is 17.8. The molecule has 10 heteroatoms. The highest BCUT2D eigenvalue weighted by molar-refractivity contribution is 5.88. The highest BCUT2D eigenvalue weighted by Gasteiger charge is 2.20. The number of carbonyl (C=O) groups excluding carboxylic acids is 1. The fourth-order valence-electron chi connectivity index (χ4n) is 2.69. The number of ether oxygens (including phenoxy) is 2. The lowest BCUT2D eigenvalue weighted by Crippen LogP contribution is -2.18. The third-order valence-electron chi connectivity index (χ3n) is 4.03. The van der Waals surface area contributed by atoms with Crippen LogP contribution in [0.5, 0.6) is 0 Å². The van der Waals surface area contributed by atoms with Crippen molar-refractivity contribution < 1.29 is 19.2 Å². The van der Waals surface area contributed by atoms with E-state index < -0.39 is 10.9 Å². The van der Waals surface area contributed by atoms with Crippen LogP contribution in [-0.4, -0.2) is 39.4 Å². The largest absolute Gasteiger partial charge is 0.464 e. The van der Waals surface area contributed by atoms with Gasteiger partial charge in [0.15, 0.2) is 5.69 Å². The van der Waals surface area contributed by atoms with Gasteiger partial charge in [0.05, 0.1) is 18.2 Å². The SMILES string of the molecule is COC(=O)c1ccc([N+](=O)[O-])c(NCc2cnn(C3CCCCO3)c2)n1. The number of carbonyl (C=O) groups is 1. The monoisotopic (exact) mass is 361 g/mol. The van der Waals surface area contributed by atoms with E-state index in [-0.39, 0.29) is 30.0 Å². The van der Waals surface area contributed by atoms with Gasteiger partial charge in [0.2, 0.25) is 5.82 Å². The summed E-state index contributed by atoms with van der Waals surface area (Å²) in [5, 5.41) is 18.4. The van der Waals surface area contributed by atoms with Gasteiger partial charge in [0.1, 0.15) is 6.23 Å². The number of hydrogen-bond acceptors (Lipinski definition) is 8. The summed E-state index contributed by atoms with van der Waals surface area (Å²) in [6.07, 6.45) is 6.47. The molecule has 1 saturated heterocycles. The van der Waals surface area contributed by atoms with Crippen molar-refractivity contribution in [3.05, 3.63) is 45.9 Å². The van der Waals surface area contributed by atoms with Gasteiger partial charge in [-0.15, -0.1) is 0 Å². The summed E-state index contributed by atoms with van der Waals surface area (Å²) in [7, 11) is 1.22. The number of pyridine rings is 1. The first-order chi connectivity index (χ1) is 12.6. The van der Waals surface area contributed by atoms with Gasteiger partial charge in [-0.2, -0.15) is 5.10 Å². The lowest BCUT2D eigenvalue weighted by molar-refractivity contribution is -0.384. The van der Waals surface area contributed by atoms with Gasteiger partial charge in [-0.3, -0.25) is 10.1 Å². The van der Waals surface area contributed by atoms with E-state index in [0.29, 0.717) is 6.61 Å². The average Bonchev–Trinajstić information content (AvgIpc) is 3.15. The van der Waals surface area contributed by atoms with Crippen LogP contribution in [0.25, 0.3) is 0 Å². The van der Waals surface area contributed by atoms with Crippen molar-refractivity contribution in [1.82, 2.24) is 14.8 Å². The molecule has 2 aromatic rings. The Balaban J connectivity index is 1.73. The van der Waals surface area contributed by atoms with Crippen LogP contribution in [0.3, 0.4) is 0 Å². The molecule has 0 aliphatic carbocycles. The molecular weight excluding hydrogens is 342 g/mol. The molecule has 2 aromatic heterocycles. The molecule has 10 nitrogen and oxygen atoms in total. The Morgan fingerprint density at radius 1 is 1.50 bits per heavy atom. The second-order valence-corrected chi connectivity index (χ2v) is 5.82. The zero-order valence-electron chi connectivity index (χ0n) is 14.3. The van der Waals surface area contributed by atoms with Crippen molar-refractivity contribution >= 4 is 17.5 Å². The maximum Gasteiger partial charge on any atom is 0.356 e. The van der Waals surface area contributed by atoms with Gasteiger partial charge in [0.25, 0.3) is 0 Å². The van der Waals surface area contributed by atoms with E-state index in [0.717, 1.165) is 24.8 Å². The number of methoxy groups -OCH3 is 1. The summed E-state index contributed by atoms with van der Waals surface area (Å²) >= 11 is 0. The predicted octanol–water partition coefficient (Wildman–Crippen LogP) is 2.28. The Labute approximate surface area is 149 Å². The van der Waals surface area contributed by atoms with Gasteiger partial charge in [-0.05, 0) is 25.3 Å². The van der Waals surface area contributed by atoms with Gasteiger partial charge in [0, 0.05) is 31.0 Å². The zero-order chi connectivity index (χ0) is 18.5. The molecule has 26 heavy (non-hydrogen) atoms. The number of rotatable bonds is 6. The molecular formula is C16H19N5O5. The lowest BCUT2D eigenvalue weighted by Gasteiger charge is -2.22. The van der Waals surface area contributed by atoms with E-state index in [2.05, 4.69) is 20.1 Å². The normalized spacial score (nSPS) is 16.9. The van der Waals surface area contributed by atoms with E-state index in [1.165, 1.54) is 19.2 Å². The molecule has 0 radical (unpaired) electrons. The molecule has 3 heterocycles. The minimum Gasteiger partial charge on any atom is -0.464 e. The van der Waals surface area contributed by atoms with Gasteiger partial charge in [-0.1, -0.05) is 0 Å². The number of anilines is 1. The summed E-state index contributed by atoms with van der Waals surface area (Å²) in [4.78, 5) is 26.2. The zero-order valence-corrected chi connectivity index (χ0v) is 14.3. The Hall–Kier alpha value is -3.01. The smallest absolute Gasteiger partial charge is 0.356 e. The number of hydrogen-bond donors (Lipinski definition) is 1. The molecule has 138 valence electrons. The minimum atomic E-state index is -0.662. The third kappa shape index (κ3) is 3.97. The highest BCUT2D eigenvalue weighted by atomic mass is 16.6. The third-order valence-corrected chi connectivity index (χ3v) is 4.03. The van der Waals surface area contributed by atoms with Crippen LogP contribution in [0.15, 0.2) is 24.5 Å². The van der Waals surface area contributed by atoms with Crippen LogP contribution in [0.1, 0.15) is 41.5 Å². The number of aromatic nitrogens is 3. The predicted molar refractivity (Wildman–Crippen MR) is 90.6 cm³/mol. The Morgan fingerprint density at radius 2 is 2.35 bits per heavy atom. The van der Waals surface area contributed by atoms with Crippen molar-refractivity contribution in [1.29, 1.82) is 0 Å². The van der Waals surface area contributed by atoms with Gasteiger partial charge >= 0.3 is 11.7 Å². The van der Waals surface area contributed by atoms with Gasteiger partial charge < -0.3 is 14.8 Å². The molecule has 1 N–H and O–H groups in total. The first-order valence-electron chi connectivity index (χ1n) is 8.20. The molecule has 1 atom stereocenters. The summed E-state index contributed by atoms with van der Waals surface area (Å²) < 4.78 is 12.0. The number of esters is 1. The Bertz CT molecular complexity index is 800. The van der Waals surface area contributed by atoms with Crippen molar-refractivity contribution in [3.8, 4) is 0 Å². The molecule has 1 aliphatic rings. The summed E-state index contributed by atoms with van der Waals surface area (Å²) in [5.74, 6) is -0.662. The maximum absolute atomic E-state index is 11.6. The van der Waals surface area contributed by atoms with Crippen molar-refractivity contribution in [2.75, 3.05) is 19.0 Å². The molecule has 1 fully saturated rings. The maximum atomic E-state index is 11.6. The first-order valence-corrected chi connectivity index (χ1v) is 8.20. The van der Waals surface area contributed by atoms with E-state index in [4.69, 9.17) is 4.74 Å². The second-order valence-electron chi connectivity index (χ2n) is 5.82. The molecule has 3 rings (SSSR count). The van der Waals surface area contributed by atoms with E-state index in [1.807, 2.05) is 6.20 Å². The molecule has 0 bridgehead atoms. The summed E-state index contributed by atoms with van der Waals surface area (Å²) in [5.41, 5.74) is 0.589. The molecule has 0 spiro atoms. The van der Waals surface area contributed by atoms with E-state index >= 15 is 0 Å². The number of nitrogens with zero attached hydrogens (tertiary/aromatic N) is 4. The van der Waals surface area contributed by atoms with Gasteiger partial charge in [-0.25, -0.2) is 14.5 Å². The Kier molecular flexibility index (Phi) is 5.42. The molecule has 1 aliphatic heterocycles. The number of nitro groups is 1. The molecule has 0 amide bonds. The Morgan fingerprint density at radius 3 is 3.04 bits per heavy atom. The van der Waals surface area contributed by atoms with Crippen LogP contribution >= 0.6 is 0 Å². The quantitative estimate of drug-likeness (QED) is 0.472. The summed E-state index contributed by atoms with van der Waals surface area (Å²) in [6, 6.07) is 2.48. The van der Waals surface area contributed by atoms with E-state index in [9.17, 15) is 14.9 Å². The van der Waals surface area contributed by atoms with Crippen molar-refractivity contribution in [2.24, 2.45) is 0 Å². The molecule has 0 saturated carbocycles. The fraction of sp³-hybridized carbons (Fsp3) is 0.438. The molecule has 1 unspecified atom stereocenters. The second kappa shape index (κ2) is 7.91. The van der Waals surface area contributed by atoms with Crippen LogP contribution < -0.4 is 5.32 Å². The van der Waals surface area contributed by atoms with Crippen LogP contribution in [0, 0.1) is 10.1 Å². The van der Waals surface area contributed by atoms with Crippen molar-refractivity contribution in [3.63, 3.8) is 0 Å². The topological polar surface area (TPSA) is 121 Å².